The quantitative estimate of drug-likeness (QED) is 0.593. The summed E-state index contributed by atoms with van der Waals surface area (Å²) in [4.78, 5) is 12.0. The smallest absolute Gasteiger partial charge is 0.261 e. The Morgan fingerprint density at radius 2 is 1.88 bits per heavy atom. The molecule has 0 saturated heterocycles. The summed E-state index contributed by atoms with van der Waals surface area (Å²) in [5.41, 5.74) is 6.21. The highest BCUT2D eigenvalue weighted by molar-refractivity contribution is 6.02. The third kappa shape index (κ3) is 3.51. The molecule has 0 saturated carbocycles. The van der Waals surface area contributed by atoms with Crippen molar-refractivity contribution < 1.29 is 4.79 Å². The van der Waals surface area contributed by atoms with Crippen molar-refractivity contribution in [2.75, 3.05) is 0 Å². The highest BCUT2D eigenvalue weighted by Gasteiger charge is 2.07. The van der Waals surface area contributed by atoms with Gasteiger partial charge >= 0.3 is 0 Å². The van der Waals surface area contributed by atoms with Crippen LogP contribution >= 0.6 is 0 Å². The number of benzene rings is 2. The van der Waals surface area contributed by atoms with E-state index in [0.717, 1.165) is 28.0 Å². The Kier molecular flexibility index (Phi) is 4.42. The molecule has 1 heterocycles. The Morgan fingerprint density at radius 1 is 1.12 bits per heavy atom. The number of hydrazone groups is 1. The molecule has 24 heavy (non-hydrogen) atoms. The number of aryl methyl sites for hydroxylation is 2. The summed E-state index contributed by atoms with van der Waals surface area (Å²) in [5.74, 6) is -0.193. The maximum absolute atomic E-state index is 12.0. The maximum atomic E-state index is 12.0. The lowest BCUT2D eigenvalue weighted by Crippen LogP contribution is -2.25. The molecule has 0 aliphatic rings. The van der Waals surface area contributed by atoms with Crippen LogP contribution in [0.1, 0.15) is 23.9 Å². The second-order valence-electron chi connectivity index (χ2n) is 5.88. The summed E-state index contributed by atoms with van der Waals surface area (Å²) in [6, 6.07) is 16.2. The minimum atomic E-state index is -0.193. The predicted octanol–water partition coefficient (Wildman–Crippen LogP) is 3.19. The fraction of sp³-hybridized carbons (Fsp3) is 0.211. The summed E-state index contributed by atoms with van der Waals surface area (Å²) in [7, 11) is 0. The van der Waals surface area contributed by atoms with Crippen molar-refractivity contribution in [3.63, 3.8) is 0 Å². The van der Waals surface area contributed by atoms with Gasteiger partial charge in [0.05, 0.1) is 11.4 Å². The zero-order valence-electron chi connectivity index (χ0n) is 14.1. The molecule has 122 valence electrons. The topological polar surface area (TPSA) is 59.3 Å². The predicted molar refractivity (Wildman–Crippen MR) is 96.0 cm³/mol. The average Bonchev–Trinajstić information content (AvgIpc) is 2.89. The van der Waals surface area contributed by atoms with Gasteiger partial charge in [-0.25, -0.2) is 5.43 Å². The van der Waals surface area contributed by atoms with Crippen LogP contribution in [0.15, 0.2) is 53.6 Å². The molecule has 2 aromatic carbocycles. The molecule has 0 radical (unpaired) electrons. The van der Waals surface area contributed by atoms with E-state index < -0.39 is 0 Å². The van der Waals surface area contributed by atoms with Gasteiger partial charge in [0.2, 0.25) is 0 Å². The van der Waals surface area contributed by atoms with E-state index in [0.29, 0.717) is 0 Å². The van der Waals surface area contributed by atoms with E-state index in [4.69, 9.17) is 0 Å². The van der Waals surface area contributed by atoms with Gasteiger partial charge in [-0.2, -0.15) is 10.2 Å². The SMILES string of the molecule is C/C(=N/NC(=O)Cn1nc(C)cc1C)c1ccc2ccccc2c1. The van der Waals surface area contributed by atoms with E-state index in [1.807, 2.05) is 45.0 Å². The van der Waals surface area contributed by atoms with Gasteiger partial charge in [-0.05, 0) is 49.2 Å². The standard InChI is InChI=1S/C19H20N4O/c1-13-10-14(2)23(22-13)12-19(24)21-20-15(3)17-9-8-16-6-4-5-7-18(16)11-17/h4-11H,12H2,1-3H3,(H,21,24)/b20-15-. The van der Waals surface area contributed by atoms with Crippen LogP contribution in [0.2, 0.25) is 0 Å². The third-order valence-electron chi connectivity index (χ3n) is 3.91. The molecule has 0 spiro atoms. The van der Waals surface area contributed by atoms with Gasteiger partial charge < -0.3 is 0 Å². The molecule has 0 aliphatic heterocycles. The van der Waals surface area contributed by atoms with Gasteiger partial charge in [0, 0.05) is 5.69 Å². The zero-order chi connectivity index (χ0) is 17.1. The fourth-order valence-corrected chi connectivity index (χ4v) is 2.63. The highest BCUT2D eigenvalue weighted by Crippen LogP contribution is 2.16. The lowest BCUT2D eigenvalue weighted by Gasteiger charge is -2.06. The summed E-state index contributed by atoms with van der Waals surface area (Å²) in [5, 5.41) is 10.8. The zero-order valence-corrected chi connectivity index (χ0v) is 14.1. The lowest BCUT2D eigenvalue weighted by atomic mass is 10.0. The number of carbonyl (C=O) groups is 1. The molecule has 0 fully saturated rings. The Balaban J connectivity index is 1.70. The lowest BCUT2D eigenvalue weighted by molar-refractivity contribution is -0.121. The number of carbonyl (C=O) groups excluding carboxylic acids is 1. The van der Waals surface area contributed by atoms with E-state index in [-0.39, 0.29) is 12.5 Å². The van der Waals surface area contributed by atoms with Crippen LogP contribution in [0.3, 0.4) is 0 Å². The van der Waals surface area contributed by atoms with E-state index in [1.54, 1.807) is 4.68 Å². The van der Waals surface area contributed by atoms with Crippen molar-refractivity contribution in [1.29, 1.82) is 0 Å². The molecule has 5 nitrogen and oxygen atoms in total. The first-order valence-corrected chi connectivity index (χ1v) is 7.86. The van der Waals surface area contributed by atoms with Crippen molar-refractivity contribution in [2.45, 2.75) is 27.3 Å². The Morgan fingerprint density at radius 3 is 2.58 bits per heavy atom. The first-order chi connectivity index (χ1) is 11.5. The summed E-state index contributed by atoms with van der Waals surface area (Å²) in [6.07, 6.45) is 0. The van der Waals surface area contributed by atoms with Gasteiger partial charge in [-0.1, -0.05) is 36.4 Å². The number of hydrogen-bond donors (Lipinski definition) is 1. The van der Waals surface area contributed by atoms with Crippen LogP contribution in [0.5, 0.6) is 0 Å². The second-order valence-corrected chi connectivity index (χ2v) is 5.88. The molecule has 0 aliphatic carbocycles. The Bertz CT molecular complexity index is 924. The van der Waals surface area contributed by atoms with Crippen LogP contribution in [0.25, 0.3) is 10.8 Å². The van der Waals surface area contributed by atoms with Crippen molar-refractivity contribution in [1.82, 2.24) is 15.2 Å². The van der Waals surface area contributed by atoms with Gasteiger partial charge in [0.15, 0.2) is 0 Å². The van der Waals surface area contributed by atoms with E-state index in [1.165, 1.54) is 5.39 Å². The maximum Gasteiger partial charge on any atom is 0.261 e. The molecule has 3 aromatic rings. The third-order valence-corrected chi connectivity index (χ3v) is 3.91. The molecular formula is C19H20N4O. The van der Waals surface area contributed by atoms with Crippen LogP contribution in [0.4, 0.5) is 0 Å². The van der Waals surface area contributed by atoms with Gasteiger partial charge in [0.1, 0.15) is 6.54 Å². The molecule has 3 rings (SSSR count). The fourth-order valence-electron chi connectivity index (χ4n) is 2.63. The number of rotatable bonds is 4. The molecular weight excluding hydrogens is 300 g/mol. The molecule has 0 bridgehead atoms. The molecule has 1 N–H and O–H groups in total. The number of amides is 1. The largest absolute Gasteiger partial charge is 0.271 e. The number of aromatic nitrogens is 2. The van der Waals surface area contributed by atoms with Gasteiger partial charge in [-0.3, -0.25) is 9.48 Å². The number of nitrogens with one attached hydrogen (secondary N) is 1. The van der Waals surface area contributed by atoms with E-state index >= 15 is 0 Å². The summed E-state index contributed by atoms with van der Waals surface area (Å²) < 4.78 is 1.67. The van der Waals surface area contributed by atoms with Crippen molar-refractivity contribution in [3.8, 4) is 0 Å². The van der Waals surface area contributed by atoms with Crippen LogP contribution in [-0.2, 0) is 11.3 Å². The van der Waals surface area contributed by atoms with Crippen LogP contribution < -0.4 is 5.43 Å². The minimum absolute atomic E-state index is 0.161. The number of hydrogen-bond acceptors (Lipinski definition) is 3. The second kappa shape index (κ2) is 6.66. The van der Waals surface area contributed by atoms with E-state index in [9.17, 15) is 4.79 Å². The number of nitrogens with zero attached hydrogens (tertiary/aromatic N) is 3. The van der Waals surface area contributed by atoms with Crippen molar-refractivity contribution in [3.05, 3.63) is 65.5 Å². The van der Waals surface area contributed by atoms with Crippen LogP contribution in [-0.4, -0.2) is 21.4 Å². The first-order valence-electron chi connectivity index (χ1n) is 7.86. The Hall–Kier alpha value is -2.95. The van der Waals surface area contributed by atoms with Gasteiger partial charge in [-0.15, -0.1) is 0 Å². The normalized spacial score (nSPS) is 11.7. The van der Waals surface area contributed by atoms with E-state index in [2.05, 4.69) is 39.9 Å². The average molecular weight is 320 g/mol. The van der Waals surface area contributed by atoms with Crippen LogP contribution in [0, 0.1) is 13.8 Å². The summed E-state index contributed by atoms with van der Waals surface area (Å²) >= 11 is 0. The van der Waals surface area contributed by atoms with Crippen molar-refractivity contribution >= 4 is 22.4 Å². The monoisotopic (exact) mass is 320 g/mol. The molecule has 1 aromatic heterocycles. The van der Waals surface area contributed by atoms with Gasteiger partial charge in [0.25, 0.3) is 5.91 Å². The first kappa shape index (κ1) is 15.9. The highest BCUT2D eigenvalue weighted by atomic mass is 16.2. The molecule has 5 heteroatoms. The molecule has 0 unspecified atom stereocenters. The summed E-state index contributed by atoms with van der Waals surface area (Å²) in [6.45, 7) is 5.88. The molecule has 0 atom stereocenters. The molecule has 1 amide bonds. The number of fused-ring (bicyclic) bond motifs is 1. The Labute approximate surface area is 141 Å². The minimum Gasteiger partial charge on any atom is -0.271 e. The van der Waals surface area contributed by atoms with Crippen molar-refractivity contribution in [2.24, 2.45) is 5.10 Å².